The van der Waals surface area contributed by atoms with Crippen LogP contribution in [0.1, 0.15) is 19.4 Å². The van der Waals surface area contributed by atoms with Crippen molar-refractivity contribution < 1.29 is 22.3 Å². The van der Waals surface area contributed by atoms with Crippen molar-refractivity contribution >= 4 is 23.1 Å². The quantitative estimate of drug-likeness (QED) is 0.499. The van der Waals surface area contributed by atoms with Gasteiger partial charge in [0.15, 0.2) is 0 Å². The van der Waals surface area contributed by atoms with Crippen molar-refractivity contribution in [2.45, 2.75) is 26.1 Å². The minimum absolute atomic E-state index is 0.0171. The number of anilines is 4. The molecule has 0 saturated carbocycles. The van der Waals surface area contributed by atoms with Gasteiger partial charge in [0.05, 0.1) is 6.10 Å². The summed E-state index contributed by atoms with van der Waals surface area (Å²) in [6, 6.07) is 11.9. The highest BCUT2D eigenvalue weighted by atomic mass is 19.4. The molecule has 0 fully saturated rings. The molecule has 0 spiro atoms. The van der Waals surface area contributed by atoms with Gasteiger partial charge < -0.3 is 15.4 Å². The molecule has 0 aliphatic carbocycles. The zero-order valence-electron chi connectivity index (χ0n) is 15.6. The van der Waals surface area contributed by atoms with Gasteiger partial charge in [0.1, 0.15) is 22.9 Å². The van der Waals surface area contributed by atoms with Crippen molar-refractivity contribution in [2.75, 3.05) is 10.6 Å². The number of ether oxygens (including phenoxy) is 1. The standard InChI is InChI=1S/C20H18F4N4O/c1-12(2)29-16-8-6-14(7-9-16)27-19-25-11-17(20(22,23)24)18(28-19)26-15-5-3-4-13(21)10-15/h3-12H,1-2H3,(H2,25,26,27,28). The van der Waals surface area contributed by atoms with E-state index < -0.39 is 23.4 Å². The van der Waals surface area contributed by atoms with Crippen LogP contribution >= 0.6 is 0 Å². The molecule has 0 saturated heterocycles. The summed E-state index contributed by atoms with van der Waals surface area (Å²) in [7, 11) is 0. The lowest BCUT2D eigenvalue weighted by atomic mass is 10.2. The smallest absolute Gasteiger partial charge is 0.421 e. The molecule has 152 valence electrons. The molecule has 5 nitrogen and oxygen atoms in total. The zero-order chi connectivity index (χ0) is 21.0. The summed E-state index contributed by atoms with van der Waals surface area (Å²) in [6.07, 6.45) is -3.99. The Labute approximate surface area is 164 Å². The second-order valence-corrected chi connectivity index (χ2v) is 6.40. The minimum atomic E-state index is -4.68. The minimum Gasteiger partial charge on any atom is -0.491 e. The first kappa shape index (κ1) is 20.4. The van der Waals surface area contributed by atoms with E-state index in [1.165, 1.54) is 18.2 Å². The van der Waals surface area contributed by atoms with Gasteiger partial charge in [-0.2, -0.15) is 18.2 Å². The van der Waals surface area contributed by atoms with E-state index in [9.17, 15) is 17.6 Å². The van der Waals surface area contributed by atoms with E-state index in [0.29, 0.717) is 17.6 Å². The Balaban J connectivity index is 1.86. The molecule has 3 rings (SSSR count). The highest BCUT2D eigenvalue weighted by molar-refractivity contribution is 5.63. The first-order chi connectivity index (χ1) is 13.7. The van der Waals surface area contributed by atoms with Gasteiger partial charge in [0.25, 0.3) is 0 Å². The number of hydrogen-bond acceptors (Lipinski definition) is 5. The van der Waals surface area contributed by atoms with Crippen LogP contribution in [0.2, 0.25) is 0 Å². The molecule has 2 aromatic carbocycles. The van der Waals surface area contributed by atoms with E-state index in [-0.39, 0.29) is 17.7 Å². The van der Waals surface area contributed by atoms with Gasteiger partial charge in [0.2, 0.25) is 5.95 Å². The molecule has 0 aliphatic rings. The van der Waals surface area contributed by atoms with E-state index in [0.717, 1.165) is 6.07 Å². The van der Waals surface area contributed by atoms with Crippen molar-refractivity contribution in [3.05, 3.63) is 66.1 Å². The molecule has 1 aromatic heterocycles. The third-order valence-electron chi connectivity index (χ3n) is 3.66. The number of alkyl halides is 3. The van der Waals surface area contributed by atoms with Crippen molar-refractivity contribution in [2.24, 2.45) is 0 Å². The molecule has 0 bridgehead atoms. The second-order valence-electron chi connectivity index (χ2n) is 6.40. The third kappa shape index (κ3) is 5.56. The fraction of sp³-hybridized carbons (Fsp3) is 0.200. The van der Waals surface area contributed by atoms with E-state index in [2.05, 4.69) is 20.6 Å². The molecule has 0 radical (unpaired) electrons. The van der Waals surface area contributed by atoms with E-state index in [1.807, 2.05) is 13.8 Å². The maximum atomic E-state index is 13.4. The topological polar surface area (TPSA) is 59.1 Å². The number of rotatable bonds is 6. The average Bonchev–Trinajstić information content (AvgIpc) is 2.62. The summed E-state index contributed by atoms with van der Waals surface area (Å²) in [4.78, 5) is 7.67. The largest absolute Gasteiger partial charge is 0.491 e. The monoisotopic (exact) mass is 406 g/mol. The van der Waals surface area contributed by atoms with Crippen LogP contribution in [0, 0.1) is 5.82 Å². The fourth-order valence-corrected chi connectivity index (χ4v) is 2.47. The summed E-state index contributed by atoms with van der Waals surface area (Å²) in [6.45, 7) is 3.80. The molecule has 0 atom stereocenters. The SMILES string of the molecule is CC(C)Oc1ccc(Nc2ncc(C(F)(F)F)c(Nc3cccc(F)c3)n2)cc1. The third-order valence-corrected chi connectivity index (χ3v) is 3.66. The average molecular weight is 406 g/mol. The Morgan fingerprint density at radius 1 is 0.966 bits per heavy atom. The van der Waals surface area contributed by atoms with E-state index in [4.69, 9.17) is 4.74 Å². The molecule has 1 heterocycles. The first-order valence-corrected chi connectivity index (χ1v) is 8.71. The molecule has 29 heavy (non-hydrogen) atoms. The molecule has 9 heteroatoms. The van der Waals surface area contributed by atoms with Gasteiger partial charge >= 0.3 is 6.18 Å². The number of aromatic nitrogens is 2. The van der Waals surface area contributed by atoms with Gasteiger partial charge in [-0.3, -0.25) is 0 Å². The lowest BCUT2D eigenvalue weighted by Crippen LogP contribution is -2.12. The molecule has 0 aliphatic heterocycles. The molecule has 3 aromatic rings. The Morgan fingerprint density at radius 3 is 2.31 bits per heavy atom. The molecule has 2 N–H and O–H groups in total. The summed E-state index contributed by atoms with van der Waals surface area (Å²) >= 11 is 0. The normalized spacial score (nSPS) is 11.4. The van der Waals surface area contributed by atoms with Gasteiger partial charge in [-0.15, -0.1) is 0 Å². The van der Waals surface area contributed by atoms with Gasteiger partial charge in [-0.25, -0.2) is 9.37 Å². The molecule has 0 amide bonds. The van der Waals surface area contributed by atoms with Crippen LogP contribution in [-0.4, -0.2) is 16.1 Å². The zero-order valence-corrected chi connectivity index (χ0v) is 15.6. The highest BCUT2D eigenvalue weighted by Crippen LogP contribution is 2.35. The van der Waals surface area contributed by atoms with Gasteiger partial charge in [0, 0.05) is 17.6 Å². The van der Waals surface area contributed by atoms with E-state index in [1.54, 1.807) is 24.3 Å². The number of benzene rings is 2. The van der Waals surface area contributed by atoms with Crippen molar-refractivity contribution in [3.63, 3.8) is 0 Å². The Hall–Kier alpha value is -3.36. The molecular weight excluding hydrogens is 388 g/mol. The Bertz CT molecular complexity index is 975. The van der Waals surface area contributed by atoms with Gasteiger partial charge in [-0.05, 0) is 56.3 Å². The van der Waals surface area contributed by atoms with Crippen LogP contribution in [0.4, 0.5) is 40.7 Å². The van der Waals surface area contributed by atoms with E-state index >= 15 is 0 Å². The van der Waals surface area contributed by atoms with Crippen LogP contribution in [0.3, 0.4) is 0 Å². The van der Waals surface area contributed by atoms with Crippen LogP contribution in [0.25, 0.3) is 0 Å². The predicted octanol–water partition coefficient (Wildman–Crippen LogP) is 5.91. The Morgan fingerprint density at radius 2 is 1.69 bits per heavy atom. The summed E-state index contributed by atoms with van der Waals surface area (Å²) in [5, 5.41) is 5.35. The second kappa shape index (κ2) is 8.34. The van der Waals surface area contributed by atoms with Crippen LogP contribution in [-0.2, 0) is 6.18 Å². The maximum absolute atomic E-state index is 13.4. The van der Waals surface area contributed by atoms with Crippen molar-refractivity contribution in [1.29, 1.82) is 0 Å². The van der Waals surface area contributed by atoms with Crippen LogP contribution in [0.5, 0.6) is 5.75 Å². The van der Waals surface area contributed by atoms with Crippen LogP contribution < -0.4 is 15.4 Å². The summed E-state index contributed by atoms with van der Waals surface area (Å²) < 4.78 is 58.8. The Kier molecular flexibility index (Phi) is 5.86. The maximum Gasteiger partial charge on any atom is 0.421 e. The number of halogens is 4. The summed E-state index contributed by atoms with van der Waals surface area (Å²) in [5.41, 5.74) is -0.360. The fourth-order valence-electron chi connectivity index (χ4n) is 2.47. The van der Waals surface area contributed by atoms with Crippen molar-refractivity contribution in [3.8, 4) is 5.75 Å². The number of nitrogens with zero attached hydrogens (tertiary/aromatic N) is 2. The lowest BCUT2D eigenvalue weighted by molar-refractivity contribution is -0.137. The molecule has 0 unspecified atom stereocenters. The number of nitrogens with one attached hydrogen (secondary N) is 2. The highest BCUT2D eigenvalue weighted by Gasteiger charge is 2.35. The summed E-state index contributed by atoms with van der Waals surface area (Å²) in [5.74, 6) is -0.457. The van der Waals surface area contributed by atoms with Gasteiger partial charge in [-0.1, -0.05) is 6.07 Å². The first-order valence-electron chi connectivity index (χ1n) is 8.71. The number of hydrogen-bond donors (Lipinski definition) is 2. The lowest BCUT2D eigenvalue weighted by Gasteiger charge is -2.15. The van der Waals surface area contributed by atoms with Crippen LogP contribution in [0.15, 0.2) is 54.7 Å². The molecular formula is C20H18F4N4O. The van der Waals surface area contributed by atoms with Crippen molar-refractivity contribution in [1.82, 2.24) is 9.97 Å². The predicted molar refractivity (Wildman–Crippen MR) is 102 cm³/mol.